The number of rotatable bonds is 0. The normalized spacial score (nSPS) is 29.8. The Balaban J connectivity index is 2.50. The summed E-state index contributed by atoms with van der Waals surface area (Å²) < 4.78 is 0. The summed E-state index contributed by atoms with van der Waals surface area (Å²) >= 11 is 0. The monoisotopic (exact) mass is 111 g/mol. The standard InChI is InChI=1S/C7H13N/c1-6-4-3-5-7(2)8-6/h6H,3-5H2,1-2H3/t6-/m0/s1. The minimum atomic E-state index is 0.601. The van der Waals surface area contributed by atoms with Gasteiger partial charge in [-0.25, -0.2) is 0 Å². The van der Waals surface area contributed by atoms with Crippen molar-refractivity contribution >= 4 is 5.71 Å². The van der Waals surface area contributed by atoms with E-state index in [9.17, 15) is 0 Å². The van der Waals surface area contributed by atoms with E-state index >= 15 is 0 Å². The summed E-state index contributed by atoms with van der Waals surface area (Å²) in [7, 11) is 0. The molecule has 1 heteroatoms. The van der Waals surface area contributed by atoms with Gasteiger partial charge in [-0.1, -0.05) is 0 Å². The Morgan fingerprint density at radius 3 is 2.75 bits per heavy atom. The van der Waals surface area contributed by atoms with E-state index in [2.05, 4.69) is 18.8 Å². The lowest BCUT2D eigenvalue weighted by atomic mass is 10.1. The van der Waals surface area contributed by atoms with Crippen LogP contribution in [-0.2, 0) is 0 Å². The van der Waals surface area contributed by atoms with E-state index in [1.54, 1.807) is 0 Å². The maximum Gasteiger partial charge on any atom is 0.0470 e. The second kappa shape index (κ2) is 2.29. The van der Waals surface area contributed by atoms with Crippen LogP contribution in [0.3, 0.4) is 0 Å². The van der Waals surface area contributed by atoms with Gasteiger partial charge in [-0.2, -0.15) is 0 Å². The van der Waals surface area contributed by atoms with Crippen LogP contribution in [0.2, 0.25) is 0 Å². The highest BCUT2D eigenvalue weighted by Gasteiger charge is 2.05. The molecule has 1 nitrogen and oxygen atoms in total. The SMILES string of the molecule is CC1=N[C@@H](C)CCC1. The maximum absolute atomic E-state index is 4.40. The molecule has 0 fully saturated rings. The quantitative estimate of drug-likeness (QED) is 0.453. The molecule has 1 aliphatic rings. The predicted molar refractivity (Wildman–Crippen MR) is 36.4 cm³/mol. The largest absolute Gasteiger partial charge is 0.291 e. The van der Waals surface area contributed by atoms with Crippen LogP contribution in [0.4, 0.5) is 0 Å². The summed E-state index contributed by atoms with van der Waals surface area (Å²) in [6.07, 6.45) is 3.86. The molecule has 0 aromatic rings. The zero-order valence-corrected chi connectivity index (χ0v) is 5.65. The van der Waals surface area contributed by atoms with Crippen molar-refractivity contribution < 1.29 is 0 Å². The van der Waals surface area contributed by atoms with Crippen LogP contribution in [0.15, 0.2) is 4.99 Å². The molecular weight excluding hydrogens is 98.1 g/mol. The molecule has 1 aliphatic heterocycles. The second-order valence-corrected chi connectivity index (χ2v) is 2.61. The Labute approximate surface area is 50.8 Å². The highest BCUT2D eigenvalue weighted by atomic mass is 14.8. The van der Waals surface area contributed by atoms with Crippen molar-refractivity contribution in [2.45, 2.75) is 39.2 Å². The van der Waals surface area contributed by atoms with E-state index in [0.717, 1.165) is 0 Å². The summed E-state index contributed by atoms with van der Waals surface area (Å²) in [5.74, 6) is 0. The predicted octanol–water partition coefficient (Wildman–Crippen LogP) is 2.02. The van der Waals surface area contributed by atoms with E-state index in [1.807, 2.05) is 0 Å². The van der Waals surface area contributed by atoms with Crippen molar-refractivity contribution in [3.63, 3.8) is 0 Å². The molecule has 0 unspecified atom stereocenters. The molecule has 46 valence electrons. The molecule has 8 heavy (non-hydrogen) atoms. The molecular formula is C7H13N. The van der Waals surface area contributed by atoms with E-state index in [0.29, 0.717) is 6.04 Å². The summed E-state index contributed by atoms with van der Waals surface area (Å²) in [4.78, 5) is 4.40. The van der Waals surface area contributed by atoms with Crippen molar-refractivity contribution in [3.8, 4) is 0 Å². The lowest BCUT2D eigenvalue weighted by molar-refractivity contribution is 0.608. The van der Waals surface area contributed by atoms with Gasteiger partial charge in [-0.3, -0.25) is 4.99 Å². The average molecular weight is 111 g/mol. The molecule has 0 spiro atoms. The van der Waals surface area contributed by atoms with Gasteiger partial charge in [0, 0.05) is 11.8 Å². The van der Waals surface area contributed by atoms with E-state index < -0.39 is 0 Å². The number of aliphatic imine (C=N–C) groups is 1. The minimum absolute atomic E-state index is 0.601. The molecule has 0 aliphatic carbocycles. The minimum Gasteiger partial charge on any atom is -0.291 e. The van der Waals surface area contributed by atoms with Gasteiger partial charge in [0.2, 0.25) is 0 Å². The van der Waals surface area contributed by atoms with Crippen molar-refractivity contribution in [1.82, 2.24) is 0 Å². The summed E-state index contributed by atoms with van der Waals surface area (Å²) in [6, 6.07) is 0.601. The molecule has 0 saturated carbocycles. The first-order chi connectivity index (χ1) is 3.79. The van der Waals surface area contributed by atoms with E-state index in [1.165, 1.54) is 25.0 Å². The van der Waals surface area contributed by atoms with Crippen molar-refractivity contribution in [2.75, 3.05) is 0 Å². The fourth-order valence-electron chi connectivity index (χ4n) is 1.16. The van der Waals surface area contributed by atoms with Gasteiger partial charge in [0.1, 0.15) is 0 Å². The van der Waals surface area contributed by atoms with Crippen LogP contribution in [-0.4, -0.2) is 11.8 Å². The van der Waals surface area contributed by atoms with Crippen LogP contribution in [0.25, 0.3) is 0 Å². The highest BCUT2D eigenvalue weighted by molar-refractivity contribution is 5.82. The van der Waals surface area contributed by atoms with Crippen molar-refractivity contribution in [2.24, 2.45) is 4.99 Å². The number of hydrogen-bond donors (Lipinski definition) is 0. The van der Waals surface area contributed by atoms with Gasteiger partial charge in [-0.05, 0) is 33.1 Å². The zero-order chi connectivity index (χ0) is 5.98. The molecule has 1 atom stereocenters. The third-order valence-electron chi connectivity index (χ3n) is 1.60. The molecule has 0 saturated heterocycles. The Hall–Kier alpha value is -0.330. The Bertz CT molecular complexity index is 105. The van der Waals surface area contributed by atoms with Crippen LogP contribution in [0, 0.1) is 0 Å². The van der Waals surface area contributed by atoms with E-state index in [4.69, 9.17) is 0 Å². The van der Waals surface area contributed by atoms with Crippen LogP contribution < -0.4 is 0 Å². The molecule has 0 aromatic heterocycles. The molecule has 0 radical (unpaired) electrons. The van der Waals surface area contributed by atoms with Crippen LogP contribution in [0.5, 0.6) is 0 Å². The number of nitrogens with zero attached hydrogens (tertiary/aromatic N) is 1. The van der Waals surface area contributed by atoms with Gasteiger partial charge >= 0.3 is 0 Å². The van der Waals surface area contributed by atoms with Crippen LogP contribution in [0.1, 0.15) is 33.1 Å². The first kappa shape index (κ1) is 5.80. The van der Waals surface area contributed by atoms with Gasteiger partial charge in [0.25, 0.3) is 0 Å². The Morgan fingerprint density at radius 2 is 2.38 bits per heavy atom. The van der Waals surface area contributed by atoms with Gasteiger partial charge in [-0.15, -0.1) is 0 Å². The van der Waals surface area contributed by atoms with Gasteiger partial charge in [0.15, 0.2) is 0 Å². The molecule has 1 rings (SSSR count). The fraction of sp³-hybridized carbons (Fsp3) is 0.857. The first-order valence-electron chi connectivity index (χ1n) is 3.32. The highest BCUT2D eigenvalue weighted by Crippen LogP contribution is 2.11. The molecule has 0 aromatic carbocycles. The van der Waals surface area contributed by atoms with E-state index in [-0.39, 0.29) is 0 Å². The number of hydrogen-bond acceptors (Lipinski definition) is 1. The summed E-state index contributed by atoms with van der Waals surface area (Å²) in [6.45, 7) is 4.30. The van der Waals surface area contributed by atoms with Gasteiger partial charge in [0.05, 0.1) is 0 Å². The smallest absolute Gasteiger partial charge is 0.0470 e. The summed E-state index contributed by atoms with van der Waals surface area (Å²) in [5.41, 5.74) is 1.34. The lowest BCUT2D eigenvalue weighted by Gasteiger charge is -2.13. The second-order valence-electron chi connectivity index (χ2n) is 2.61. The lowest BCUT2D eigenvalue weighted by Crippen LogP contribution is -2.09. The molecule has 0 N–H and O–H groups in total. The first-order valence-corrected chi connectivity index (χ1v) is 3.32. The third kappa shape index (κ3) is 1.32. The Kier molecular flexibility index (Phi) is 1.66. The average Bonchev–Trinajstić information content (AvgIpc) is 1.64. The van der Waals surface area contributed by atoms with Crippen molar-refractivity contribution in [1.29, 1.82) is 0 Å². The third-order valence-corrected chi connectivity index (χ3v) is 1.60. The van der Waals surface area contributed by atoms with Gasteiger partial charge < -0.3 is 0 Å². The zero-order valence-electron chi connectivity index (χ0n) is 5.65. The fourth-order valence-corrected chi connectivity index (χ4v) is 1.16. The van der Waals surface area contributed by atoms with Crippen molar-refractivity contribution in [3.05, 3.63) is 0 Å². The molecule has 0 amide bonds. The molecule has 1 heterocycles. The Morgan fingerprint density at radius 1 is 1.62 bits per heavy atom. The maximum atomic E-state index is 4.40. The topological polar surface area (TPSA) is 12.4 Å². The molecule has 0 bridgehead atoms. The summed E-state index contributed by atoms with van der Waals surface area (Å²) in [5, 5.41) is 0. The van der Waals surface area contributed by atoms with Crippen LogP contribution >= 0.6 is 0 Å².